The third kappa shape index (κ3) is 3.61. The predicted molar refractivity (Wildman–Crippen MR) is 128 cm³/mol. The van der Waals surface area contributed by atoms with Crippen LogP contribution in [0.1, 0.15) is 33.1 Å². The van der Waals surface area contributed by atoms with Gasteiger partial charge >= 0.3 is 0 Å². The highest BCUT2D eigenvalue weighted by molar-refractivity contribution is 9.10. The van der Waals surface area contributed by atoms with Crippen LogP contribution in [0.4, 0.5) is 4.39 Å². The molecule has 1 unspecified atom stereocenters. The molecule has 1 atom stereocenters. The third-order valence-corrected chi connectivity index (χ3v) is 6.89. The van der Waals surface area contributed by atoms with Crippen LogP contribution in [0.5, 0.6) is 5.75 Å². The summed E-state index contributed by atoms with van der Waals surface area (Å²) in [6, 6.07) is 14.3. The summed E-state index contributed by atoms with van der Waals surface area (Å²) in [5.41, 5.74) is 2.11. The first-order chi connectivity index (χ1) is 15.9. The van der Waals surface area contributed by atoms with Gasteiger partial charge < -0.3 is 14.6 Å². The van der Waals surface area contributed by atoms with Crippen LogP contribution in [0.2, 0.25) is 5.02 Å². The quantitative estimate of drug-likeness (QED) is 0.363. The number of carbonyl (C=O) groups is 1. The summed E-state index contributed by atoms with van der Waals surface area (Å²) in [5.74, 6) is -0.0106. The maximum atomic E-state index is 14.3. The standard InChI is InChI=1S/C25H17BrClFN2O3/c1-33-15-5-2-13(3-6-15)12-30-23(18-10-14(28)4-7-20(18)27)22-19(26)11-17-16(21(22)25(30)32)8-9-29-24(17)31/h2-11,23H,12H2,1H3,(H,29,31). The minimum Gasteiger partial charge on any atom is -0.497 e. The van der Waals surface area contributed by atoms with Gasteiger partial charge in [-0.15, -0.1) is 0 Å². The van der Waals surface area contributed by atoms with Crippen molar-refractivity contribution in [1.29, 1.82) is 0 Å². The molecular weight excluding hydrogens is 511 g/mol. The topological polar surface area (TPSA) is 62.4 Å². The smallest absolute Gasteiger partial charge is 0.255 e. The van der Waals surface area contributed by atoms with E-state index >= 15 is 0 Å². The summed E-state index contributed by atoms with van der Waals surface area (Å²) >= 11 is 10.1. The Balaban J connectivity index is 1.75. The van der Waals surface area contributed by atoms with E-state index in [0.717, 1.165) is 5.56 Å². The first-order valence-corrected chi connectivity index (χ1v) is 11.3. The van der Waals surface area contributed by atoms with Crippen LogP contribution in [0.15, 0.2) is 70.1 Å². The lowest BCUT2D eigenvalue weighted by atomic mass is 9.94. The Morgan fingerprint density at radius 3 is 2.58 bits per heavy atom. The van der Waals surface area contributed by atoms with Crippen molar-refractivity contribution in [2.24, 2.45) is 0 Å². The van der Waals surface area contributed by atoms with Crippen LogP contribution < -0.4 is 10.3 Å². The third-order valence-electron chi connectivity index (χ3n) is 5.89. The number of hydrogen-bond acceptors (Lipinski definition) is 3. The Labute approximate surface area is 201 Å². The molecule has 0 radical (unpaired) electrons. The van der Waals surface area contributed by atoms with Gasteiger partial charge in [-0.1, -0.05) is 39.7 Å². The van der Waals surface area contributed by atoms with Gasteiger partial charge in [-0.25, -0.2) is 4.39 Å². The second-order valence-electron chi connectivity index (χ2n) is 7.76. The van der Waals surface area contributed by atoms with E-state index in [9.17, 15) is 14.0 Å². The fourth-order valence-corrected chi connectivity index (χ4v) is 5.24. The van der Waals surface area contributed by atoms with E-state index in [-0.39, 0.29) is 18.0 Å². The first-order valence-electron chi connectivity index (χ1n) is 10.1. The highest BCUT2D eigenvalue weighted by atomic mass is 79.9. The van der Waals surface area contributed by atoms with E-state index in [1.165, 1.54) is 24.4 Å². The molecule has 0 saturated heterocycles. The van der Waals surface area contributed by atoms with Crippen LogP contribution in [0.25, 0.3) is 10.8 Å². The number of aromatic nitrogens is 1. The van der Waals surface area contributed by atoms with Gasteiger partial charge in [0.2, 0.25) is 0 Å². The second-order valence-corrected chi connectivity index (χ2v) is 9.03. The van der Waals surface area contributed by atoms with Crippen molar-refractivity contribution >= 4 is 44.2 Å². The summed E-state index contributed by atoms with van der Waals surface area (Å²) in [5, 5.41) is 1.28. The number of rotatable bonds is 4. The number of fused-ring (bicyclic) bond motifs is 3. The average molecular weight is 528 g/mol. The normalized spacial score (nSPS) is 15.2. The Bertz CT molecular complexity index is 1470. The van der Waals surface area contributed by atoms with Gasteiger partial charge in [0.1, 0.15) is 11.6 Å². The highest BCUT2D eigenvalue weighted by Crippen LogP contribution is 2.47. The number of aromatic amines is 1. The summed E-state index contributed by atoms with van der Waals surface area (Å²) in [7, 11) is 1.59. The number of amides is 1. The number of nitrogens with zero attached hydrogens (tertiary/aromatic N) is 1. The van der Waals surface area contributed by atoms with Gasteiger partial charge in [0.05, 0.1) is 18.7 Å². The van der Waals surface area contributed by atoms with E-state index in [4.69, 9.17) is 16.3 Å². The fraction of sp³-hybridized carbons (Fsp3) is 0.120. The largest absolute Gasteiger partial charge is 0.497 e. The number of H-pyrrole nitrogens is 1. The summed E-state index contributed by atoms with van der Waals surface area (Å²) < 4.78 is 20.1. The van der Waals surface area contributed by atoms with Crippen molar-refractivity contribution in [3.63, 3.8) is 0 Å². The molecule has 1 aliphatic heterocycles. The molecule has 0 saturated carbocycles. The SMILES string of the molecule is COc1ccc(CN2C(=O)c3c(c(Br)cc4c(=O)[nH]ccc34)C2c2cc(F)ccc2Cl)cc1. The molecule has 5 rings (SSSR count). The van der Waals surface area contributed by atoms with Gasteiger partial charge in [-0.2, -0.15) is 0 Å². The number of carbonyl (C=O) groups excluding carboxylic acids is 1. The number of ether oxygens (including phenoxy) is 1. The molecule has 8 heteroatoms. The molecular formula is C25H17BrClFN2O3. The number of methoxy groups -OCH3 is 1. The molecule has 5 nitrogen and oxygen atoms in total. The molecule has 1 amide bonds. The lowest BCUT2D eigenvalue weighted by Crippen LogP contribution is -2.28. The zero-order chi connectivity index (χ0) is 23.3. The van der Waals surface area contributed by atoms with Crippen LogP contribution in [0, 0.1) is 5.82 Å². The molecule has 0 fully saturated rings. The second kappa shape index (κ2) is 8.32. The number of halogens is 3. The van der Waals surface area contributed by atoms with Crippen LogP contribution >= 0.6 is 27.5 Å². The molecule has 0 aliphatic carbocycles. The van der Waals surface area contributed by atoms with E-state index in [2.05, 4.69) is 20.9 Å². The molecule has 33 heavy (non-hydrogen) atoms. The molecule has 0 spiro atoms. The Morgan fingerprint density at radius 1 is 1.09 bits per heavy atom. The van der Waals surface area contributed by atoms with Crippen LogP contribution in [0.3, 0.4) is 0 Å². The average Bonchev–Trinajstić information content (AvgIpc) is 3.10. The predicted octanol–water partition coefficient (Wildman–Crippen LogP) is 5.84. The fourth-order valence-electron chi connectivity index (χ4n) is 4.37. The lowest BCUT2D eigenvalue weighted by molar-refractivity contribution is 0.0737. The van der Waals surface area contributed by atoms with Crippen molar-refractivity contribution in [3.05, 3.63) is 109 Å². The number of benzene rings is 3. The first kappa shape index (κ1) is 21.7. The van der Waals surface area contributed by atoms with Gasteiger partial charge in [-0.3, -0.25) is 9.59 Å². The summed E-state index contributed by atoms with van der Waals surface area (Å²) in [4.78, 5) is 30.5. The van der Waals surface area contributed by atoms with E-state index in [0.29, 0.717) is 42.7 Å². The van der Waals surface area contributed by atoms with Gasteiger partial charge in [-0.05, 0) is 48.0 Å². The molecule has 2 heterocycles. The maximum absolute atomic E-state index is 14.3. The molecule has 0 bridgehead atoms. The zero-order valence-electron chi connectivity index (χ0n) is 17.4. The Kier molecular flexibility index (Phi) is 5.46. The number of hydrogen-bond donors (Lipinski definition) is 1. The van der Waals surface area contributed by atoms with Crippen molar-refractivity contribution in [2.45, 2.75) is 12.6 Å². The van der Waals surface area contributed by atoms with Crippen molar-refractivity contribution in [2.75, 3.05) is 7.11 Å². The summed E-state index contributed by atoms with van der Waals surface area (Å²) in [6.07, 6.45) is 1.52. The van der Waals surface area contributed by atoms with Gasteiger partial charge in [0.25, 0.3) is 11.5 Å². The molecule has 1 aromatic heterocycles. The maximum Gasteiger partial charge on any atom is 0.255 e. The molecule has 4 aromatic rings. The van der Waals surface area contributed by atoms with Gasteiger partial charge in [0.15, 0.2) is 0 Å². The Morgan fingerprint density at radius 2 is 1.85 bits per heavy atom. The van der Waals surface area contributed by atoms with Crippen molar-refractivity contribution in [1.82, 2.24) is 9.88 Å². The van der Waals surface area contributed by atoms with Crippen LogP contribution in [-0.4, -0.2) is 22.9 Å². The molecule has 1 aliphatic rings. The molecule has 166 valence electrons. The van der Waals surface area contributed by atoms with Crippen molar-refractivity contribution in [3.8, 4) is 5.75 Å². The van der Waals surface area contributed by atoms with E-state index < -0.39 is 11.9 Å². The molecule has 3 aromatic carbocycles. The number of pyridine rings is 1. The minimum absolute atomic E-state index is 0.256. The van der Waals surface area contributed by atoms with Crippen LogP contribution in [-0.2, 0) is 6.54 Å². The lowest BCUT2D eigenvalue weighted by Gasteiger charge is -2.27. The van der Waals surface area contributed by atoms with E-state index in [1.807, 2.05) is 24.3 Å². The molecule has 1 N–H and O–H groups in total. The highest BCUT2D eigenvalue weighted by Gasteiger charge is 2.41. The van der Waals surface area contributed by atoms with E-state index in [1.54, 1.807) is 24.1 Å². The monoisotopic (exact) mass is 526 g/mol. The minimum atomic E-state index is -0.643. The van der Waals surface area contributed by atoms with Crippen molar-refractivity contribution < 1.29 is 13.9 Å². The zero-order valence-corrected chi connectivity index (χ0v) is 19.7. The Hall–Kier alpha value is -3.16. The van der Waals surface area contributed by atoms with Gasteiger partial charge in [0, 0.05) is 44.1 Å². The number of nitrogens with one attached hydrogen (secondary N) is 1. The summed E-state index contributed by atoms with van der Waals surface area (Å²) in [6.45, 7) is 0.256.